The summed E-state index contributed by atoms with van der Waals surface area (Å²) < 4.78 is 27.5. The van der Waals surface area contributed by atoms with Gasteiger partial charge in [-0.1, -0.05) is 12.1 Å². The van der Waals surface area contributed by atoms with Crippen molar-refractivity contribution < 1.29 is 13.6 Å². The molecule has 0 aliphatic heterocycles. The van der Waals surface area contributed by atoms with E-state index in [2.05, 4.69) is 10.3 Å². The average molecular weight is 361 g/mol. The summed E-state index contributed by atoms with van der Waals surface area (Å²) in [6.07, 6.45) is 0. The predicted octanol–water partition coefficient (Wildman–Crippen LogP) is 4.21. The minimum Gasteiger partial charge on any atom is -0.325 e. The highest BCUT2D eigenvalue weighted by atomic mass is 32.1. The van der Waals surface area contributed by atoms with Gasteiger partial charge in [-0.15, -0.1) is 11.3 Å². The number of halogens is 2. The first-order chi connectivity index (χ1) is 11.9. The number of benzene rings is 2. The Hall–Kier alpha value is -2.38. The van der Waals surface area contributed by atoms with Gasteiger partial charge >= 0.3 is 0 Å². The Balaban J connectivity index is 1.66. The summed E-state index contributed by atoms with van der Waals surface area (Å²) in [5.41, 5.74) is 1.03. The molecule has 130 valence electrons. The van der Waals surface area contributed by atoms with Crippen molar-refractivity contribution >= 4 is 33.1 Å². The van der Waals surface area contributed by atoms with Gasteiger partial charge in [0.2, 0.25) is 5.91 Å². The van der Waals surface area contributed by atoms with Crippen molar-refractivity contribution in [2.75, 3.05) is 18.9 Å². The Morgan fingerprint density at radius 2 is 1.92 bits per heavy atom. The summed E-state index contributed by atoms with van der Waals surface area (Å²) in [5, 5.41) is 3.42. The normalized spacial score (nSPS) is 12.5. The number of likely N-dealkylation sites (N-methyl/N-ethyl adjacent to an activating group) is 1. The van der Waals surface area contributed by atoms with Crippen LogP contribution in [0.15, 0.2) is 42.5 Å². The first-order valence-corrected chi connectivity index (χ1v) is 8.55. The summed E-state index contributed by atoms with van der Waals surface area (Å²) in [4.78, 5) is 18.6. The highest BCUT2D eigenvalue weighted by Crippen LogP contribution is 2.28. The number of anilines is 1. The molecule has 0 bridgehead atoms. The number of amides is 1. The Bertz CT molecular complexity index is 859. The molecule has 25 heavy (non-hydrogen) atoms. The minimum absolute atomic E-state index is 0.0626. The molecule has 0 fully saturated rings. The second kappa shape index (κ2) is 7.25. The van der Waals surface area contributed by atoms with Crippen molar-refractivity contribution in [2.45, 2.75) is 13.0 Å². The summed E-state index contributed by atoms with van der Waals surface area (Å²) in [6, 6.07) is 10.7. The number of rotatable bonds is 5. The molecule has 1 amide bonds. The van der Waals surface area contributed by atoms with Crippen LogP contribution in [0.1, 0.15) is 18.0 Å². The van der Waals surface area contributed by atoms with Gasteiger partial charge in [0.05, 0.1) is 22.8 Å². The molecule has 1 aromatic heterocycles. The molecule has 0 saturated carbocycles. The van der Waals surface area contributed by atoms with Crippen LogP contribution in [0.4, 0.5) is 14.5 Å². The number of thiazole rings is 1. The van der Waals surface area contributed by atoms with Gasteiger partial charge in [-0.25, -0.2) is 13.8 Å². The first-order valence-electron chi connectivity index (χ1n) is 7.74. The summed E-state index contributed by atoms with van der Waals surface area (Å²) in [6.45, 7) is 2.04. The van der Waals surface area contributed by atoms with Crippen molar-refractivity contribution in [3.8, 4) is 0 Å². The number of aromatic nitrogens is 1. The van der Waals surface area contributed by atoms with E-state index in [0.717, 1.165) is 33.4 Å². The third-order valence-electron chi connectivity index (χ3n) is 3.87. The third kappa shape index (κ3) is 4.18. The van der Waals surface area contributed by atoms with E-state index in [9.17, 15) is 13.6 Å². The topological polar surface area (TPSA) is 45.2 Å². The van der Waals surface area contributed by atoms with E-state index in [1.54, 1.807) is 11.3 Å². The lowest BCUT2D eigenvalue weighted by Gasteiger charge is -2.22. The molecule has 1 atom stereocenters. The lowest BCUT2D eigenvalue weighted by molar-refractivity contribution is -0.117. The number of nitrogens with zero attached hydrogens (tertiary/aromatic N) is 2. The van der Waals surface area contributed by atoms with Crippen molar-refractivity contribution in [3.63, 3.8) is 0 Å². The molecule has 0 radical (unpaired) electrons. The van der Waals surface area contributed by atoms with Gasteiger partial charge in [0.15, 0.2) is 0 Å². The van der Waals surface area contributed by atoms with Crippen LogP contribution in [-0.4, -0.2) is 29.4 Å². The molecule has 1 heterocycles. The molecule has 3 rings (SSSR count). The quantitative estimate of drug-likeness (QED) is 0.741. The van der Waals surface area contributed by atoms with E-state index in [1.165, 1.54) is 0 Å². The number of fused-ring (bicyclic) bond motifs is 1. The molecule has 1 N–H and O–H groups in total. The van der Waals surface area contributed by atoms with Gasteiger partial charge < -0.3 is 5.32 Å². The fourth-order valence-corrected chi connectivity index (χ4v) is 3.53. The number of hydrogen-bond acceptors (Lipinski definition) is 4. The van der Waals surface area contributed by atoms with E-state index < -0.39 is 11.6 Å². The monoisotopic (exact) mass is 361 g/mol. The van der Waals surface area contributed by atoms with Crippen LogP contribution in [0.2, 0.25) is 0 Å². The fraction of sp³-hybridized carbons (Fsp3) is 0.222. The second-order valence-corrected chi connectivity index (χ2v) is 6.88. The molecule has 7 heteroatoms. The molecule has 4 nitrogen and oxygen atoms in total. The van der Waals surface area contributed by atoms with E-state index >= 15 is 0 Å². The lowest BCUT2D eigenvalue weighted by atomic mass is 10.2. The first kappa shape index (κ1) is 17.4. The molecule has 0 saturated heterocycles. The molecule has 0 aliphatic carbocycles. The van der Waals surface area contributed by atoms with Gasteiger partial charge in [0, 0.05) is 11.8 Å². The van der Waals surface area contributed by atoms with Crippen LogP contribution in [0.5, 0.6) is 0 Å². The van der Waals surface area contributed by atoms with Crippen molar-refractivity contribution in [3.05, 3.63) is 59.1 Å². The Morgan fingerprint density at radius 3 is 2.60 bits per heavy atom. The molecule has 3 aromatic rings. The summed E-state index contributed by atoms with van der Waals surface area (Å²) in [7, 11) is 1.81. The number of carbonyl (C=O) groups is 1. The molecular weight excluding hydrogens is 344 g/mol. The van der Waals surface area contributed by atoms with Crippen LogP contribution in [0.25, 0.3) is 10.2 Å². The maximum Gasteiger partial charge on any atom is 0.238 e. The van der Waals surface area contributed by atoms with Crippen LogP contribution in [0, 0.1) is 11.6 Å². The number of carbonyl (C=O) groups excluding carboxylic acids is 1. The Kier molecular flexibility index (Phi) is 5.06. The van der Waals surface area contributed by atoms with Gasteiger partial charge in [-0.3, -0.25) is 9.69 Å². The maximum atomic E-state index is 13.2. The van der Waals surface area contributed by atoms with Crippen molar-refractivity contribution in [1.82, 2.24) is 9.88 Å². The van der Waals surface area contributed by atoms with Gasteiger partial charge in [0.1, 0.15) is 16.6 Å². The predicted molar refractivity (Wildman–Crippen MR) is 95.7 cm³/mol. The van der Waals surface area contributed by atoms with Crippen molar-refractivity contribution in [2.24, 2.45) is 0 Å². The van der Waals surface area contributed by atoms with Crippen LogP contribution in [0.3, 0.4) is 0 Å². The zero-order valence-electron chi connectivity index (χ0n) is 13.8. The molecule has 0 unspecified atom stereocenters. The summed E-state index contributed by atoms with van der Waals surface area (Å²) in [5.74, 6) is -1.81. The minimum atomic E-state index is -0.730. The van der Waals surface area contributed by atoms with Crippen LogP contribution >= 0.6 is 11.3 Å². The highest BCUT2D eigenvalue weighted by molar-refractivity contribution is 7.18. The van der Waals surface area contributed by atoms with Gasteiger partial charge in [0.25, 0.3) is 0 Å². The lowest BCUT2D eigenvalue weighted by Crippen LogP contribution is -2.32. The number of para-hydroxylation sites is 1. The molecular formula is C18H17F2N3OS. The molecule has 0 aliphatic rings. The van der Waals surface area contributed by atoms with E-state index in [1.807, 2.05) is 43.1 Å². The molecule has 0 spiro atoms. The SMILES string of the molecule is C[C@H](c1nc2ccccc2s1)N(C)CC(=O)Nc1cc(F)cc(F)c1. The summed E-state index contributed by atoms with van der Waals surface area (Å²) >= 11 is 1.59. The smallest absolute Gasteiger partial charge is 0.238 e. The van der Waals surface area contributed by atoms with E-state index in [-0.39, 0.29) is 24.2 Å². The third-order valence-corrected chi connectivity index (χ3v) is 5.07. The maximum absolute atomic E-state index is 13.2. The molecule has 2 aromatic carbocycles. The number of hydrogen-bond donors (Lipinski definition) is 1. The zero-order valence-corrected chi connectivity index (χ0v) is 14.6. The largest absolute Gasteiger partial charge is 0.325 e. The standard InChI is InChI=1S/C18H17F2N3OS/c1-11(18-22-15-5-3-4-6-16(15)25-18)23(2)10-17(24)21-14-8-12(19)7-13(20)9-14/h3-9,11H,10H2,1-2H3,(H,21,24)/t11-/m1/s1. The van der Waals surface area contributed by atoms with Gasteiger partial charge in [-0.05, 0) is 38.2 Å². The highest BCUT2D eigenvalue weighted by Gasteiger charge is 2.18. The van der Waals surface area contributed by atoms with Crippen LogP contribution in [-0.2, 0) is 4.79 Å². The van der Waals surface area contributed by atoms with E-state index in [0.29, 0.717) is 0 Å². The Labute approximate surface area is 148 Å². The fourth-order valence-electron chi connectivity index (χ4n) is 2.45. The van der Waals surface area contributed by atoms with Crippen molar-refractivity contribution in [1.29, 1.82) is 0 Å². The number of nitrogens with one attached hydrogen (secondary N) is 1. The Morgan fingerprint density at radius 1 is 1.24 bits per heavy atom. The van der Waals surface area contributed by atoms with E-state index in [4.69, 9.17) is 0 Å². The second-order valence-electron chi connectivity index (χ2n) is 5.82. The average Bonchev–Trinajstić information content (AvgIpc) is 2.96. The zero-order chi connectivity index (χ0) is 18.0. The van der Waals surface area contributed by atoms with Crippen LogP contribution < -0.4 is 5.32 Å². The van der Waals surface area contributed by atoms with Gasteiger partial charge in [-0.2, -0.15) is 0 Å².